The number of fused-ring (bicyclic) bond motifs is 1. The Bertz CT molecular complexity index is 656. The molecule has 1 amide bonds. The lowest BCUT2D eigenvalue weighted by Crippen LogP contribution is -2.30. The minimum absolute atomic E-state index is 0.0195. The third kappa shape index (κ3) is 3.03. The van der Waals surface area contributed by atoms with Gasteiger partial charge in [0.15, 0.2) is 0 Å². The molecule has 1 aliphatic rings. The normalized spacial score (nSPS) is 14.6. The van der Waals surface area contributed by atoms with E-state index in [9.17, 15) is 14.7 Å². The second kappa shape index (κ2) is 6.05. The van der Waals surface area contributed by atoms with Crippen LogP contribution in [0.4, 0.5) is 0 Å². The highest BCUT2D eigenvalue weighted by Gasteiger charge is 2.29. The van der Waals surface area contributed by atoms with Crippen LogP contribution in [0.1, 0.15) is 23.1 Å². The average Bonchev–Trinajstić information content (AvgIpc) is 3.08. The van der Waals surface area contributed by atoms with E-state index >= 15 is 0 Å². The molecule has 1 aromatic heterocycles. The lowest BCUT2D eigenvalue weighted by molar-refractivity contribution is -0.146. The van der Waals surface area contributed by atoms with Crippen LogP contribution in [0.5, 0.6) is 0 Å². The fraction of sp³-hybridized carbons (Fsp3) is 0.294. The van der Waals surface area contributed by atoms with Crippen LogP contribution in [-0.4, -0.2) is 21.9 Å². The van der Waals surface area contributed by atoms with Crippen LogP contribution in [0, 0.1) is 5.92 Å². The molecular weight excluding hydrogens is 282 g/mol. The van der Waals surface area contributed by atoms with Crippen molar-refractivity contribution in [3.8, 4) is 0 Å². The maximum atomic E-state index is 12.3. The zero-order valence-electron chi connectivity index (χ0n) is 12.1. The minimum Gasteiger partial charge on any atom is -0.481 e. The number of furan rings is 1. The van der Waals surface area contributed by atoms with Gasteiger partial charge in [0.2, 0.25) is 5.91 Å². The van der Waals surface area contributed by atoms with E-state index in [1.54, 1.807) is 17.4 Å². The van der Waals surface area contributed by atoms with Gasteiger partial charge in [0.05, 0.1) is 18.4 Å². The zero-order valence-corrected chi connectivity index (χ0v) is 12.1. The highest BCUT2D eigenvalue weighted by Crippen LogP contribution is 2.25. The lowest BCUT2D eigenvalue weighted by atomic mass is 9.96. The van der Waals surface area contributed by atoms with Crippen molar-refractivity contribution in [2.24, 2.45) is 5.92 Å². The van der Waals surface area contributed by atoms with Gasteiger partial charge in [-0.25, -0.2) is 0 Å². The van der Waals surface area contributed by atoms with E-state index in [1.165, 1.54) is 0 Å². The van der Waals surface area contributed by atoms with Gasteiger partial charge in [-0.15, -0.1) is 0 Å². The van der Waals surface area contributed by atoms with Gasteiger partial charge in [-0.05, 0) is 12.0 Å². The molecule has 0 saturated heterocycles. The van der Waals surface area contributed by atoms with Gasteiger partial charge in [0.25, 0.3) is 0 Å². The van der Waals surface area contributed by atoms with Crippen molar-refractivity contribution in [3.05, 3.63) is 59.5 Å². The standard InChI is InChI=1S/C17H17NO4/c19-16(18-8-14-10-22-11-15(14)9-18)7-13(17(20)21)6-12-4-2-1-3-5-12/h1-5,10-11,13H,6-9H2,(H,20,21). The number of hydrogen-bond donors (Lipinski definition) is 1. The number of carbonyl (C=O) groups is 2. The summed E-state index contributed by atoms with van der Waals surface area (Å²) in [5.74, 6) is -1.76. The third-order valence-corrected chi connectivity index (χ3v) is 4.00. The first-order valence-electron chi connectivity index (χ1n) is 7.22. The van der Waals surface area contributed by atoms with Crippen molar-refractivity contribution in [3.63, 3.8) is 0 Å². The number of carbonyl (C=O) groups excluding carboxylic acids is 1. The Labute approximate surface area is 128 Å². The molecule has 3 rings (SSSR count). The number of carboxylic acids is 1. The summed E-state index contributed by atoms with van der Waals surface area (Å²) in [7, 11) is 0. The van der Waals surface area contributed by atoms with Crippen molar-refractivity contribution < 1.29 is 19.1 Å². The fourth-order valence-corrected chi connectivity index (χ4v) is 2.76. The van der Waals surface area contributed by atoms with Crippen molar-refractivity contribution in [2.45, 2.75) is 25.9 Å². The quantitative estimate of drug-likeness (QED) is 0.920. The van der Waals surface area contributed by atoms with Crippen LogP contribution < -0.4 is 0 Å². The van der Waals surface area contributed by atoms with E-state index in [0.717, 1.165) is 16.7 Å². The number of benzene rings is 1. The summed E-state index contributed by atoms with van der Waals surface area (Å²) in [5.41, 5.74) is 2.94. The SMILES string of the molecule is O=C(O)C(CC(=O)N1Cc2cocc2C1)Cc1ccccc1. The van der Waals surface area contributed by atoms with Crippen LogP contribution >= 0.6 is 0 Å². The molecule has 0 bridgehead atoms. The number of hydrogen-bond acceptors (Lipinski definition) is 3. The molecule has 2 aromatic rings. The summed E-state index contributed by atoms with van der Waals surface area (Å²) in [5, 5.41) is 9.37. The molecule has 1 atom stereocenters. The first-order chi connectivity index (χ1) is 10.6. The Morgan fingerprint density at radius 1 is 1.14 bits per heavy atom. The number of carboxylic acid groups (broad SMARTS) is 1. The molecule has 22 heavy (non-hydrogen) atoms. The van der Waals surface area contributed by atoms with Gasteiger partial charge in [-0.3, -0.25) is 9.59 Å². The molecule has 0 fully saturated rings. The van der Waals surface area contributed by atoms with E-state index < -0.39 is 11.9 Å². The molecule has 0 aliphatic carbocycles. The van der Waals surface area contributed by atoms with E-state index in [4.69, 9.17) is 4.42 Å². The largest absolute Gasteiger partial charge is 0.481 e. The van der Waals surface area contributed by atoms with Crippen LogP contribution in [0.25, 0.3) is 0 Å². The molecule has 0 radical (unpaired) electrons. The second-order valence-electron chi connectivity index (χ2n) is 5.60. The molecule has 2 heterocycles. The summed E-state index contributed by atoms with van der Waals surface area (Å²) >= 11 is 0. The Hall–Kier alpha value is -2.56. The van der Waals surface area contributed by atoms with E-state index in [1.807, 2.05) is 30.3 Å². The van der Waals surface area contributed by atoms with Crippen LogP contribution in [0.2, 0.25) is 0 Å². The smallest absolute Gasteiger partial charge is 0.307 e. The van der Waals surface area contributed by atoms with Crippen LogP contribution in [0.3, 0.4) is 0 Å². The molecule has 0 saturated carbocycles. The summed E-state index contributed by atoms with van der Waals surface area (Å²) in [4.78, 5) is 25.5. The van der Waals surface area contributed by atoms with E-state index in [2.05, 4.69) is 0 Å². The van der Waals surface area contributed by atoms with E-state index in [-0.39, 0.29) is 12.3 Å². The zero-order chi connectivity index (χ0) is 15.5. The minimum atomic E-state index is -0.932. The Balaban J connectivity index is 1.63. The van der Waals surface area contributed by atoms with Crippen molar-refractivity contribution in [1.29, 1.82) is 0 Å². The maximum absolute atomic E-state index is 12.3. The number of amides is 1. The highest BCUT2D eigenvalue weighted by molar-refractivity contribution is 5.83. The summed E-state index contributed by atoms with van der Waals surface area (Å²) in [6.45, 7) is 1.00. The van der Waals surface area contributed by atoms with Gasteiger partial charge >= 0.3 is 5.97 Å². The average molecular weight is 299 g/mol. The van der Waals surface area contributed by atoms with Crippen LogP contribution in [0.15, 0.2) is 47.3 Å². The molecule has 5 nitrogen and oxygen atoms in total. The van der Waals surface area contributed by atoms with Crippen LogP contribution in [-0.2, 0) is 29.1 Å². The van der Waals surface area contributed by atoms with Crippen molar-refractivity contribution in [2.75, 3.05) is 0 Å². The second-order valence-corrected chi connectivity index (χ2v) is 5.60. The molecule has 1 aliphatic heterocycles. The fourth-order valence-electron chi connectivity index (χ4n) is 2.76. The molecule has 1 N–H and O–H groups in total. The third-order valence-electron chi connectivity index (χ3n) is 4.00. The van der Waals surface area contributed by atoms with Gasteiger partial charge in [-0.1, -0.05) is 30.3 Å². The first kappa shape index (κ1) is 14.4. The Morgan fingerprint density at radius 3 is 2.36 bits per heavy atom. The lowest BCUT2D eigenvalue weighted by Gasteiger charge is -2.19. The van der Waals surface area contributed by atoms with Gasteiger partial charge in [-0.2, -0.15) is 0 Å². The number of nitrogens with zero attached hydrogens (tertiary/aromatic N) is 1. The topological polar surface area (TPSA) is 70.8 Å². The number of rotatable bonds is 5. The Morgan fingerprint density at radius 2 is 1.77 bits per heavy atom. The predicted octanol–water partition coefficient (Wildman–Crippen LogP) is 2.46. The van der Waals surface area contributed by atoms with Gasteiger partial charge in [0.1, 0.15) is 0 Å². The monoisotopic (exact) mass is 299 g/mol. The van der Waals surface area contributed by atoms with Crippen molar-refractivity contribution in [1.82, 2.24) is 4.90 Å². The molecular formula is C17H17NO4. The van der Waals surface area contributed by atoms with E-state index in [0.29, 0.717) is 19.5 Å². The summed E-state index contributed by atoms with van der Waals surface area (Å²) < 4.78 is 5.08. The van der Waals surface area contributed by atoms with Gasteiger partial charge in [0, 0.05) is 30.6 Å². The van der Waals surface area contributed by atoms with Crippen molar-refractivity contribution >= 4 is 11.9 Å². The molecule has 1 unspecified atom stereocenters. The first-order valence-corrected chi connectivity index (χ1v) is 7.22. The summed E-state index contributed by atoms with van der Waals surface area (Å²) in [6, 6.07) is 9.39. The molecule has 114 valence electrons. The molecule has 0 spiro atoms. The van der Waals surface area contributed by atoms with Gasteiger partial charge < -0.3 is 14.4 Å². The Kier molecular flexibility index (Phi) is 3.96. The number of aliphatic carboxylic acids is 1. The maximum Gasteiger partial charge on any atom is 0.307 e. The molecule has 1 aromatic carbocycles. The highest BCUT2D eigenvalue weighted by atomic mass is 16.4. The predicted molar refractivity (Wildman–Crippen MR) is 78.9 cm³/mol. The summed E-state index contributed by atoms with van der Waals surface area (Å²) in [6.07, 6.45) is 3.67. The molecule has 5 heteroatoms.